The number of nitrogens with two attached hydrogens (primary N) is 1. The SMILES string of the molecule is NC(=O)C12CC3CC(C1)C(NC(=O)CN1CCCN(c4cccc(Cl)c4Cl)S1(O)O)C(C3)C2. The summed E-state index contributed by atoms with van der Waals surface area (Å²) >= 11 is 12.5. The summed E-state index contributed by atoms with van der Waals surface area (Å²) in [7, 11) is -3.43. The average Bonchev–Trinajstić information content (AvgIpc) is 2.74. The molecule has 1 aliphatic heterocycles. The van der Waals surface area contributed by atoms with Crippen molar-refractivity contribution in [3.63, 3.8) is 0 Å². The molecule has 5 fully saturated rings. The molecule has 11 heteroatoms. The van der Waals surface area contributed by atoms with Gasteiger partial charge in [0, 0.05) is 24.5 Å². The standard InChI is InChI=1S/C22H30Cl2N4O4S/c23-16-3-1-4-17(19(16)24)28-6-2-5-27(33(28,31)32)12-18(29)26-20-14-7-13-8-15(20)11-22(9-13,10-14)21(25)30/h1,3-4,13-15,20,31-32H,2,5-12H2,(H2,25,30)(H,26,29). The lowest BCUT2D eigenvalue weighted by atomic mass is 9.47. The van der Waals surface area contributed by atoms with Gasteiger partial charge >= 0.3 is 0 Å². The Morgan fingerprint density at radius 1 is 1.15 bits per heavy atom. The first-order valence-corrected chi connectivity index (χ1v) is 13.7. The lowest BCUT2D eigenvalue weighted by Gasteiger charge is -2.59. The number of benzene rings is 1. The highest BCUT2D eigenvalue weighted by Gasteiger charge is 2.58. The van der Waals surface area contributed by atoms with Crippen molar-refractivity contribution in [1.29, 1.82) is 0 Å². The first-order valence-electron chi connectivity index (χ1n) is 11.4. The number of primary amides is 1. The van der Waals surface area contributed by atoms with Crippen molar-refractivity contribution >= 4 is 51.7 Å². The van der Waals surface area contributed by atoms with E-state index in [2.05, 4.69) is 5.32 Å². The third-order valence-electron chi connectivity index (χ3n) is 8.05. The third-order valence-corrected chi connectivity index (χ3v) is 10.8. The number of anilines is 1. The molecule has 2 unspecified atom stereocenters. The molecule has 4 bridgehead atoms. The third kappa shape index (κ3) is 4.00. The molecule has 2 atom stereocenters. The molecule has 1 aromatic rings. The Hall–Kier alpha value is -1.23. The molecule has 4 saturated carbocycles. The smallest absolute Gasteiger partial charge is 0.236 e. The normalized spacial score (nSPS) is 35.9. The minimum Gasteiger partial charge on any atom is -0.369 e. The van der Waals surface area contributed by atoms with Gasteiger partial charge in [0.1, 0.15) is 0 Å². The Kier molecular flexibility index (Phi) is 6.03. The molecule has 8 nitrogen and oxygen atoms in total. The molecule has 6 rings (SSSR count). The lowest BCUT2D eigenvalue weighted by molar-refractivity contribution is -0.147. The molecule has 4 aliphatic carbocycles. The molecular formula is C22H30Cl2N4O4S. The van der Waals surface area contributed by atoms with Gasteiger partial charge in [0.2, 0.25) is 11.8 Å². The minimum absolute atomic E-state index is 0.00609. The summed E-state index contributed by atoms with van der Waals surface area (Å²) in [5.41, 5.74) is 5.80. The van der Waals surface area contributed by atoms with E-state index < -0.39 is 16.4 Å². The van der Waals surface area contributed by atoms with Crippen molar-refractivity contribution in [2.75, 3.05) is 23.9 Å². The van der Waals surface area contributed by atoms with Crippen LogP contribution in [0.15, 0.2) is 18.2 Å². The fraction of sp³-hybridized carbons (Fsp3) is 0.636. The largest absolute Gasteiger partial charge is 0.369 e. The second kappa shape index (κ2) is 8.46. The van der Waals surface area contributed by atoms with Gasteiger partial charge in [-0.1, -0.05) is 29.3 Å². The van der Waals surface area contributed by atoms with Crippen LogP contribution in [0.4, 0.5) is 5.69 Å². The number of nitrogens with one attached hydrogen (secondary N) is 1. The van der Waals surface area contributed by atoms with Crippen molar-refractivity contribution in [2.24, 2.45) is 28.9 Å². The monoisotopic (exact) mass is 516 g/mol. The molecular weight excluding hydrogens is 487 g/mol. The molecule has 1 aromatic carbocycles. The molecule has 2 amide bonds. The Balaban J connectivity index is 1.27. The van der Waals surface area contributed by atoms with Gasteiger partial charge in [-0.25, -0.2) is 0 Å². The Labute approximate surface area is 205 Å². The van der Waals surface area contributed by atoms with Gasteiger partial charge in [-0.05, 0) is 79.4 Å². The number of amides is 2. The molecule has 33 heavy (non-hydrogen) atoms. The van der Waals surface area contributed by atoms with E-state index in [4.69, 9.17) is 28.9 Å². The molecule has 5 N–H and O–H groups in total. The highest BCUT2D eigenvalue weighted by Crippen LogP contribution is 2.60. The molecule has 1 heterocycles. The number of nitrogens with zero attached hydrogens (tertiary/aromatic N) is 2. The summed E-state index contributed by atoms with van der Waals surface area (Å²) in [6.45, 7) is 0.649. The summed E-state index contributed by atoms with van der Waals surface area (Å²) in [5.74, 6) is 0.564. The van der Waals surface area contributed by atoms with E-state index in [-0.39, 0.29) is 41.3 Å². The van der Waals surface area contributed by atoms with Gasteiger partial charge < -0.3 is 11.1 Å². The fourth-order valence-electron chi connectivity index (χ4n) is 6.83. The second-order valence-electron chi connectivity index (χ2n) is 10.1. The van der Waals surface area contributed by atoms with Crippen molar-refractivity contribution in [2.45, 2.75) is 44.6 Å². The van der Waals surface area contributed by atoms with Crippen LogP contribution in [-0.2, 0) is 9.59 Å². The molecule has 182 valence electrons. The van der Waals surface area contributed by atoms with Crippen LogP contribution in [0.2, 0.25) is 10.0 Å². The second-order valence-corrected chi connectivity index (χ2v) is 12.8. The van der Waals surface area contributed by atoms with E-state index >= 15 is 0 Å². The van der Waals surface area contributed by atoms with Gasteiger partial charge in [-0.3, -0.25) is 23.0 Å². The molecule has 5 aliphatic rings. The van der Waals surface area contributed by atoms with Gasteiger partial charge in [-0.15, -0.1) is 0 Å². The van der Waals surface area contributed by atoms with Crippen LogP contribution in [0.1, 0.15) is 38.5 Å². The quantitative estimate of drug-likeness (QED) is 0.471. The van der Waals surface area contributed by atoms with Crippen molar-refractivity contribution in [3.8, 4) is 0 Å². The lowest BCUT2D eigenvalue weighted by Crippen LogP contribution is -2.62. The number of rotatable bonds is 5. The number of halogens is 2. The summed E-state index contributed by atoms with van der Waals surface area (Å²) in [5, 5.41) is 3.75. The summed E-state index contributed by atoms with van der Waals surface area (Å²) in [4.78, 5) is 25.2. The van der Waals surface area contributed by atoms with E-state index in [0.29, 0.717) is 36.1 Å². The zero-order chi connectivity index (χ0) is 23.5. The molecule has 0 spiro atoms. The molecule has 0 aromatic heterocycles. The van der Waals surface area contributed by atoms with Crippen LogP contribution >= 0.6 is 34.2 Å². The first-order chi connectivity index (χ1) is 15.6. The maximum Gasteiger partial charge on any atom is 0.236 e. The van der Waals surface area contributed by atoms with Crippen molar-refractivity contribution in [1.82, 2.24) is 9.62 Å². The highest BCUT2D eigenvalue weighted by molar-refractivity contribution is 8.23. The number of hydrogen-bond acceptors (Lipinski definition) is 6. The van der Waals surface area contributed by atoms with Crippen LogP contribution in [-0.4, -0.2) is 50.9 Å². The summed E-state index contributed by atoms with van der Waals surface area (Å²) in [6, 6.07) is 5.04. The highest BCUT2D eigenvalue weighted by atomic mass is 35.5. The predicted molar refractivity (Wildman–Crippen MR) is 130 cm³/mol. The summed E-state index contributed by atoms with van der Waals surface area (Å²) < 4.78 is 25.0. The van der Waals surface area contributed by atoms with Crippen LogP contribution < -0.4 is 15.4 Å². The minimum atomic E-state index is -3.43. The molecule has 0 radical (unpaired) electrons. The van der Waals surface area contributed by atoms with Crippen LogP contribution in [0.3, 0.4) is 0 Å². The van der Waals surface area contributed by atoms with Crippen molar-refractivity contribution in [3.05, 3.63) is 28.2 Å². The Morgan fingerprint density at radius 2 is 1.85 bits per heavy atom. The predicted octanol–water partition coefficient (Wildman–Crippen LogP) is 3.88. The van der Waals surface area contributed by atoms with Crippen LogP contribution in [0.5, 0.6) is 0 Å². The van der Waals surface area contributed by atoms with Gasteiger partial charge in [-0.2, -0.15) is 4.31 Å². The number of hydrogen-bond donors (Lipinski definition) is 4. The fourth-order valence-corrected chi connectivity index (χ4v) is 9.01. The van der Waals surface area contributed by atoms with Gasteiger partial charge in [0.05, 0.1) is 22.3 Å². The Morgan fingerprint density at radius 3 is 2.52 bits per heavy atom. The summed E-state index contributed by atoms with van der Waals surface area (Å²) in [6.07, 6.45) is 5.02. The number of carbonyl (C=O) groups is 2. The maximum absolute atomic E-state index is 13.1. The van der Waals surface area contributed by atoms with Crippen molar-refractivity contribution < 1.29 is 18.7 Å². The van der Waals surface area contributed by atoms with E-state index in [1.54, 1.807) is 18.2 Å². The van der Waals surface area contributed by atoms with E-state index in [0.717, 1.165) is 32.1 Å². The topological polar surface area (TPSA) is 119 Å². The molecule has 1 saturated heterocycles. The van der Waals surface area contributed by atoms with Gasteiger partial charge in [0.25, 0.3) is 0 Å². The first kappa shape index (κ1) is 23.5. The Bertz CT molecular complexity index is 964. The average molecular weight is 517 g/mol. The maximum atomic E-state index is 13.1. The number of carbonyl (C=O) groups excluding carboxylic acids is 2. The van der Waals surface area contributed by atoms with Crippen LogP contribution in [0.25, 0.3) is 0 Å². The van der Waals surface area contributed by atoms with E-state index in [9.17, 15) is 18.7 Å². The zero-order valence-electron chi connectivity index (χ0n) is 18.3. The van der Waals surface area contributed by atoms with E-state index in [1.165, 1.54) is 8.61 Å². The zero-order valence-corrected chi connectivity index (χ0v) is 20.6. The van der Waals surface area contributed by atoms with Crippen LogP contribution in [0, 0.1) is 23.2 Å². The van der Waals surface area contributed by atoms with E-state index in [1.807, 2.05) is 0 Å². The van der Waals surface area contributed by atoms with Gasteiger partial charge in [0.15, 0.2) is 0 Å².